The second-order valence-electron chi connectivity index (χ2n) is 5.46. The molecule has 5 nitrogen and oxygen atoms in total. The zero-order valence-electron chi connectivity index (χ0n) is 12.3. The van der Waals surface area contributed by atoms with Crippen LogP contribution >= 0.6 is 11.3 Å². The van der Waals surface area contributed by atoms with Gasteiger partial charge in [-0.15, -0.1) is 11.3 Å². The Bertz CT molecular complexity index is 623. The van der Waals surface area contributed by atoms with Crippen LogP contribution in [0, 0.1) is 5.41 Å². The summed E-state index contributed by atoms with van der Waals surface area (Å²) in [4.78, 5) is 12.6. The number of thiophene rings is 1. The Morgan fingerprint density at radius 1 is 1.43 bits per heavy atom. The van der Waals surface area contributed by atoms with E-state index in [9.17, 15) is 18.3 Å². The quantitative estimate of drug-likeness (QED) is 0.900. The highest BCUT2D eigenvalue weighted by Gasteiger charge is 2.44. The number of rotatable bonds is 5. The number of hydrogen-bond acceptors (Lipinski definition) is 4. The van der Waals surface area contributed by atoms with Gasteiger partial charge in [0.2, 0.25) is 0 Å². The summed E-state index contributed by atoms with van der Waals surface area (Å²) < 4.78 is 27.0. The third-order valence-corrected chi connectivity index (χ3v) is 7.79. The zero-order chi connectivity index (χ0) is 15.7. The predicted molar refractivity (Wildman–Crippen MR) is 82.0 cm³/mol. The fourth-order valence-corrected chi connectivity index (χ4v) is 5.74. The van der Waals surface area contributed by atoms with E-state index in [1.807, 2.05) is 19.9 Å². The van der Waals surface area contributed by atoms with Gasteiger partial charge in [-0.1, -0.05) is 13.8 Å². The first kappa shape index (κ1) is 16.5. The van der Waals surface area contributed by atoms with Crippen molar-refractivity contribution in [2.75, 3.05) is 13.1 Å². The average molecular weight is 331 g/mol. The van der Waals surface area contributed by atoms with Gasteiger partial charge in [-0.2, -0.15) is 4.31 Å². The Hall–Kier alpha value is -0.920. The Morgan fingerprint density at radius 2 is 2.14 bits per heavy atom. The van der Waals surface area contributed by atoms with E-state index in [-0.39, 0.29) is 6.54 Å². The molecule has 1 unspecified atom stereocenters. The van der Waals surface area contributed by atoms with Crippen molar-refractivity contribution < 1.29 is 18.3 Å². The summed E-state index contributed by atoms with van der Waals surface area (Å²) in [6, 6.07) is 3.45. The van der Waals surface area contributed by atoms with E-state index < -0.39 is 21.4 Å². The normalized spacial score (nSPS) is 24.1. The first-order valence-corrected chi connectivity index (χ1v) is 9.43. The summed E-state index contributed by atoms with van der Waals surface area (Å²) in [6.07, 6.45) is 2.37. The minimum absolute atomic E-state index is 0.0700. The Morgan fingerprint density at radius 3 is 2.67 bits per heavy atom. The Labute approximate surface area is 129 Å². The van der Waals surface area contributed by atoms with E-state index in [0.29, 0.717) is 30.0 Å². The number of carboxylic acids is 1. The molecule has 2 heterocycles. The lowest BCUT2D eigenvalue weighted by Gasteiger charge is -2.38. The first-order chi connectivity index (χ1) is 9.85. The first-order valence-electron chi connectivity index (χ1n) is 7.18. The molecule has 2 rings (SSSR count). The van der Waals surface area contributed by atoms with E-state index in [4.69, 9.17) is 0 Å². The van der Waals surface area contributed by atoms with E-state index in [1.165, 1.54) is 15.6 Å². The molecule has 1 fully saturated rings. The molecule has 0 spiro atoms. The van der Waals surface area contributed by atoms with Crippen LogP contribution in [0.2, 0.25) is 0 Å². The van der Waals surface area contributed by atoms with Gasteiger partial charge < -0.3 is 5.11 Å². The molecule has 0 aromatic carbocycles. The second-order valence-corrected chi connectivity index (χ2v) is 8.79. The van der Waals surface area contributed by atoms with Crippen molar-refractivity contribution in [1.82, 2.24) is 4.31 Å². The molecular weight excluding hydrogens is 310 g/mol. The molecule has 0 amide bonds. The number of nitrogens with zero attached hydrogens (tertiary/aromatic N) is 1. The van der Waals surface area contributed by atoms with Crippen LogP contribution in [0.25, 0.3) is 0 Å². The van der Waals surface area contributed by atoms with Gasteiger partial charge in [0.1, 0.15) is 4.21 Å². The maximum absolute atomic E-state index is 12.7. The molecule has 1 aliphatic rings. The fourth-order valence-electron chi connectivity index (χ4n) is 2.72. The van der Waals surface area contributed by atoms with Crippen LogP contribution in [0.15, 0.2) is 16.3 Å². The van der Waals surface area contributed by atoms with Crippen LogP contribution in [-0.2, 0) is 21.2 Å². The van der Waals surface area contributed by atoms with Crippen molar-refractivity contribution in [3.8, 4) is 0 Å². The molecule has 0 bridgehead atoms. The SMILES string of the molecule is CCc1ccc(S(=O)(=O)N2CCCC(CC)(C(=O)O)C2)s1. The van der Waals surface area contributed by atoms with Crippen LogP contribution in [0.1, 0.15) is 38.0 Å². The number of aliphatic carboxylic acids is 1. The lowest BCUT2D eigenvalue weighted by molar-refractivity contribution is -0.151. The van der Waals surface area contributed by atoms with Gasteiger partial charge in [-0.25, -0.2) is 8.42 Å². The highest BCUT2D eigenvalue weighted by Crippen LogP contribution is 2.37. The molecule has 1 atom stereocenters. The molecule has 0 aliphatic carbocycles. The molecule has 1 aromatic rings. The van der Waals surface area contributed by atoms with Crippen molar-refractivity contribution in [2.24, 2.45) is 5.41 Å². The van der Waals surface area contributed by atoms with E-state index in [2.05, 4.69) is 0 Å². The third kappa shape index (κ3) is 3.00. The minimum atomic E-state index is -3.58. The van der Waals surface area contributed by atoms with Crippen LogP contribution in [0.4, 0.5) is 0 Å². The number of carbonyl (C=O) groups is 1. The van der Waals surface area contributed by atoms with Crippen LogP contribution in [0.5, 0.6) is 0 Å². The number of hydrogen-bond donors (Lipinski definition) is 1. The van der Waals surface area contributed by atoms with Crippen molar-refractivity contribution in [1.29, 1.82) is 0 Å². The molecule has 1 saturated heterocycles. The fraction of sp³-hybridized carbons (Fsp3) is 0.643. The van der Waals surface area contributed by atoms with Gasteiger partial charge in [0.15, 0.2) is 0 Å². The van der Waals surface area contributed by atoms with Crippen molar-refractivity contribution in [2.45, 2.75) is 43.7 Å². The second kappa shape index (κ2) is 6.06. The molecular formula is C14H21NO4S2. The molecule has 0 radical (unpaired) electrons. The monoisotopic (exact) mass is 331 g/mol. The number of piperidine rings is 1. The van der Waals surface area contributed by atoms with Crippen LogP contribution in [-0.4, -0.2) is 36.9 Å². The van der Waals surface area contributed by atoms with Crippen molar-refractivity contribution in [3.05, 3.63) is 17.0 Å². The lowest BCUT2D eigenvalue weighted by atomic mass is 9.78. The van der Waals surface area contributed by atoms with Gasteiger partial charge in [0.25, 0.3) is 10.0 Å². The molecule has 118 valence electrons. The van der Waals surface area contributed by atoms with Gasteiger partial charge in [0, 0.05) is 18.0 Å². The summed E-state index contributed by atoms with van der Waals surface area (Å²) >= 11 is 1.27. The summed E-state index contributed by atoms with van der Waals surface area (Å²) in [5.74, 6) is -0.898. The molecule has 1 N–H and O–H groups in total. The molecule has 1 aromatic heterocycles. The topological polar surface area (TPSA) is 74.7 Å². The minimum Gasteiger partial charge on any atom is -0.481 e. The molecule has 21 heavy (non-hydrogen) atoms. The molecule has 0 saturated carbocycles. The molecule has 1 aliphatic heterocycles. The standard InChI is InChI=1S/C14H21NO4S2/c1-3-11-6-7-12(20-11)21(18,19)15-9-5-8-14(4-2,10-15)13(16)17/h6-7H,3-5,8-10H2,1-2H3,(H,16,17). The average Bonchev–Trinajstić information content (AvgIpc) is 2.96. The van der Waals surface area contributed by atoms with Crippen molar-refractivity contribution in [3.63, 3.8) is 0 Å². The van der Waals surface area contributed by atoms with Gasteiger partial charge in [0.05, 0.1) is 5.41 Å². The summed E-state index contributed by atoms with van der Waals surface area (Å²) in [6.45, 7) is 4.26. The number of carboxylic acid groups (broad SMARTS) is 1. The van der Waals surface area contributed by atoms with Gasteiger partial charge in [-0.05, 0) is 37.8 Å². The smallest absolute Gasteiger partial charge is 0.310 e. The highest BCUT2D eigenvalue weighted by atomic mass is 32.2. The summed E-state index contributed by atoms with van der Waals surface area (Å²) in [7, 11) is -3.58. The van der Waals surface area contributed by atoms with Gasteiger partial charge >= 0.3 is 5.97 Å². The number of sulfonamides is 1. The lowest BCUT2D eigenvalue weighted by Crippen LogP contribution is -2.49. The largest absolute Gasteiger partial charge is 0.481 e. The summed E-state index contributed by atoms with van der Waals surface area (Å²) in [5.41, 5.74) is -0.948. The van der Waals surface area contributed by atoms with Crippen LogP contribution in [0.3, 0.4) is 0 Å². The Kier molecular flexibility index (Phi) is 4.75. The molecule has 7 heteroatoms. The van der Waals surface area contributed by atoms with E-state index in [1.54, 1.807) is 6.07 Å². The highest BCUT2D eigenvalue weighted by molar-refractivity contribution is 7.91. The van der Waals surface area contributed by atoms with Crippen molar-refractivity contribution >= 4 is 27.3 Å². The predicted octanol–water partition coefficient (Wildman–Crippen LogP) is 2.58. The summed E-state index contributed by atoms with van der Waals surface area (Å²) in [5, 5.41) is 9.47. The zero-order valence-corrected chi connectivity index (χ0v) is 14.0. The van der Waals surface area contributed by atoms with Gasteiger partial charge in [-0.3, -0.25) is 4.79 Å². The van der Waals surface area contributed by atoms with E-state index in [0.717, 1.165) is 11.3 Å². The number of aryl methyl sites for hydroxylation is 1. The maximum atomic E-state index is 12.7. The van der Waals surface area contributed by atoms with Crippen LogP contribution < -0.4 is 0 Å². The Balaban J connectivity index is 2.30. The van der Waals surface area contributed by atoms with E-state index >= 15 is 0 Å². The third-order valence-electron chi connectivity index (χ3n) is 4.25. The maximum Gasteiger partial charge on any atom is 0.310 e.